The first-order valence-electron chi connectivity index (χ1n) is 7.74. The third kappa shape index (κ3) is 2.18. The molecule has 2 aromatic rings. The highest BCUT2D eigenvalue weighted by atomic mass is 16.3. The minimum absolute atomic E-state index is 0.436. The number of rotatable bonds is 3. The zero-order valence-electron chi connectivity index (χ0n) is 11.8. The number of nitrogens with zero attached hydrogens (tertiary/aromatic N) is 2. The van der Waals surface area contributed by atoms with Gasteiger partial charge in [0.2, 0.25) is 0 Å². The van der Waals surface area contributed by atoms with Gasteiger partial charge in [0.1, 0.15) is 11.6 Å². The predicted octanol–water partition coefficient (Wildman–Crippen LogP) is 3.22. The van der Waals surface area contributed by atoms with Crippen molar-refractivity contribution in [3.05, 3.63) is 41.4 Å². The standard InChI is InChI=1S/C16H21N3O/c1-2-7-14-13(6-1)17-16(18-14)15-8-3-9-19(15)11-12-5-4-10-20-12/h4-5,10,15H,1-3,6-9,11H2,(H,17,18). The molecule has 20 heavy (non-hydrogen) atoms. The van der Waals surface area contributed by atoms with E-state index in [9.17, 15) is 0 Å². The smallest absolute Gasteiger partial charge is 0.124 e. The molecular formula is C16H21N3O. The van der Waals surface area contributed by atoms with Gasteiger partial charge in [0.15, 0.2) is 0 Å². The summed E-state index contributed by atoms with van der Waals surface area (Å²) >= 11 is 0. The lowest BCUT2D eigenvalue weighted by atomic mass is 10.0. The van der Waals surface area contributed by atoms with Gasteiger partial charge in [0.25, 0.3) is 0 Å². The largest absolute Gasteiger partial charge is 0.468 e. The average Bonchev–Trinajstić information content (AvgIpc) is 3.18. The van der Waals surface area contributed by atoms with Gasteiger partial charge in [0, 0.05) is 5.69 Å². The molecular weight excluding hydrogens is 250 g/mol. The number of hydrogen-bond acceptors (Lipinski definition) is 3. The molecule has 0 spiro atoms. The Morgan fingerprint density at radius 3 is 3.10 bits per heavy atom. The van der Waals surface area contributed by atoms with Crippen LogP contribution < -0.4 is 0 Å². The quantitative estimate of drug-likeness (QED) is 0.932. The zero-order chi connectivity index (χ0) is 13.4. The topological polar surface area (TPSA) is 45.1 Å². The fourth-order valence-corrected chi connectivity index (χ4v) is 3.56. The fourth-order valence-electron chi connectivity index (χ4n) is 3.56. The molecule has 1 aliphatic carbocycles. The second kappa shape index (κ2) is 5.09. The zero-order valence-corrected chi connectivity index (χ0v) is 11.8. The van der Waals surface area contributed by atoms with E-state index in [-0.39, 0.29) is 0 Å². The number of furan rings is 1. The maximum atomic E-state index is 5.49. The van der Waals surface area contributed by atoms with Gasteiger partial charge in [0.05, 0.1) is 24.5 Å². The minimum Gasteiger partial charge on any atom is -0.468 e. The molecule has 1 fully saturated rings. The summed E-state index contributed by atoms with van der Waals surface area (Å²) in [5, 5.41) is 0. The molecule has 1 unspecified atom stereocenters. The molecule has 1 atom stereocenters. The van der Waals surface area contributed by atoms with E-state index >= 15 is 0 Å². The van der Waals surface area contributed by atoms with Crippen LogP contribution >= 0.6 is 0 Å². The molecule has 1 N–H and O–H groups in total. The number of likely N-dealkylation sites (tertiary alicyclic amines) is 1. The number of hydrogen-bond donors (Lipinski definition) is 1. The van der Waals surface area contributed by atoms with E-state index in [1.54, 1.807) is 6.26 Å². The van der Waals surface area contributed by atoms with Crippen LogP contribution in [0, 0.1) is 0 Å². The molecule has 4 heteroatoms. The van der Waals surface area contributed by atoms with Gasteiger partial charge < -0.3 is 9.40 Å². The predicted molar refractivity (Wildman–Crippen MR) is 76.3 cm³/mol. The van der Waals surface area contributed by atoms with Crippen molar-refractivity contribution in [3.8, 4) is 0 Å². The summed E-state index contributed by atoms with van der Waals surface area (Å²) in [6, 6.07) is 4.46. The summed E-state index contributed by atoms with van der Waals surface area (Å²) < 4.78 is 5.49. The van der Waals surface area contributed by atoms with Crippen LogP contribution in [0.1, 0.15) is 54.7 Å². The Bertz CT molecular complexity index is 549. The van der Waals surface area contributed by atoms with Gasteiger partial charge in [-0.25, -0.2) is 4.98 Å². The molecule has 1 aliphatic heterocycles. The lowest BCUT2D eigenvalue weighted by molar-refractivity contribution is 0.221. The van der Waals surface area contributed by atoms with Crippen molar-refractivity contribution in [1.29, 1.82) is 0 Å². The third-order valence-corrected chi connectivity index (χ3v) is 4.59. The Morgan fingerprint density at radius 2 is 2.25 bits per heavy atom. The normalized spacial score (nSPS) is 23.1. The molecule has 0 amide bonds. The van der Waals surface area contributed by atoms with Crippen molar-refractivity contribution in [2.24, 2.45) is 0 Å². The van der Waals surface area contributed by atoms with Crippen molar-refractivity contribution in [1.82, 2.24) is 14.9 Å². The van der Waals surface area contributed by atoms with Crippen LogP contribution in [0.25, 0.3) is 0 Å². The van der Waals surface area contributed by atoms with Crippen molar-refractivity contribution in [3.63, 3.8) is 0 Å². The van der Waals surface area contributed by atoms with Crippen LogP contribution in [-0.4, -0.2) is 21.4 Å². The summed E-state index contributed by atoms with van der Waals surface area (Å²) in [6.45, 7) is 2.03. The molecule has 0 aromatic carbocycles. The Labute approximate surface area is 119 Å². The highest BCUT2D eigenvalue weighted by Gasteiger charge is 2.30. The van der Waals surface area contributed by atoms with Crippen molar-refractivity contribution < 1.29 is 4.42 Å². The third-order valence-electron chi connectivity index (χ3n) is 4.59. The van der Waals surface area contributed by atoms with Gasteiger partial charge in [-0.15, -0.1) is 0 Å². The first-order chi connectivity index (χ1) is 9.90. The van der Waals surface area contributed by atoms with Crippen LogP contribution in [0.5, 0.6) is 0 Å². The molecule has 0 radical (unpaired) electrons. The number of aryl methyl sites for hydroxylation is 2. The van der Waals surface area contributed by atoms with Gasteiger partial charge >= 0.3 is 0 Å². The summed E-state index contributed by atoms with van der Waals surface area (Å²) in [6.07, 6.45) is 9.12. The van der Waals surface area contributed by atoms with Crippen LogP contribution in [0.2, 0.25) is 0 Å². The Hall–Kier alpha value is -1.55. The Balaban J connectivity index is 1.55. The number of fused-ring (bicyclic) bond motifs is 1. The summed E-state index contributed by atoms with van der Waals surface area (Å²) in [7, 11) is 0. The van der Waals surface area contributed by atoms with Crippen molar-refractivity contribution in [2.45, 2.75) is 51.1 Å². The summed E-state index contributed by atoms with van der Waals surface area (Å²) in [5.74, 6) is 2.23. The summed E-state index contributed by atoms with van der Waals surface area (Å²) in [4.78, 5) is 11.0. The van der Waals surface area contributed by atoms with Gasteiger partial charge in [-0.1, -0.05) is 0 Å². The van der Waals surface area contributed by atoms with E-state index in [0.717, 1.165) is 25.3 Å². The number of nitrogens with one attached hydrogen (secondary N) is 1. The molecule has 2 aliphatic rings. The molecule has 4 rings (SSSR count). The number of aromatic nitrogens is 2. The van der Waals surface area contributed by atoms with E-state index < -0.39 is 0 Å². The van der Waals surface area contributed by atoms with Gasteiger partial charge in [-0.05, 0) is 57.2 Å². The average molecular weight is 271 g/mol. The minimum atomic E-state index is 0.436. The van der Waals surface area contributed by atoms with Gasteiger partial charge in [-0.3, -0.25) is 4.90 Å². The molecule has 0 bridgehead atoms. The molecule has 0 saturated carbocycles. The monoisotopic (exact) mass is 271 g/mol. The molecule has 3 heterocycles. The Morgan fingerprint density at radius 1 is 1.30 bits per heavy atom. The maximum absolute atomic E-state index is 5.49. The van der Waals surface area contributed by atoms with Crippen LogP contribution in [0.4, 0.5) is 0 Å². The molecule has 1 saturated heterocycles. The lowest BCUT2D eigenvalue weighted by Crippen LogP contribution is -2.23. The summed E-state index contributed by atoms with van der Waals surface area (Å²) in [5.41, 5.74) is 2.70. The van der Waals surface area contributed by atoms with Crippen LogP contribution in [0.3, 0.4) is 0 Å². The second-order valence-corrected chi connectivity index (χ2v) is 5.96. The second-order valence-electron chi connectivity index (χ2n) is 5.96. The molecule has 106 valence electrons. The van der Waals surface area contributed by atoms with E-state index in [0.29, 0.717) is 6.04 Å². The van der Waals surface area contributed by atoms with Crippen molar-refractivity contribution >= 4 is 0 Å². The van der Waals surface area contributed by atoms with E-state index in [4.69, 9.17) is 9.40 Å². The van der Waals surface area contributed by atoms with E-state index in [1.807, 2.05) is 6.07 Å². The van der Waals surface area contributed by atoms with Crippen LogP contribution in [-0.2, 0) is 19.4 Å². The highest BCUT2D eigenvalue weighted by molar-refractivity contribution is 5.19. The fraction of sp³-hybridized carbons (Fsp3) is 0.562. The first-order valence-corrected chi connectivity index (χ1v) is 7.74. The number of imidazole rings is 1. The number of H-pyrrole nitrogens is 1. The molecule has 4 nitrogen and oxygen atoms in total. The Kier molecular flexibility index (Phi) is 3.11. The maximum Gasteiger partial charge on any atom is 0.124 e. The van der Waals surface area contributed by atoms with Gasteiger partial charge in [-0.2, -0.15) is 0 Å². The first kappa shape index (κ1) is 12.2. The van der Waals surface area contributed by atoms with Crippen LogP contribution in [0.15, 0.2) is 22.8 Å². The highest BCUT2D eigenvalue weighted by Crippen LogP contribution is 2.33. The molecule has 2 aromatic heterocycles. The lowest BCUT2D eigenvalue weighted by Gasteiger charge is -2.21. The SMILES string of the molecule is c1coc(CN2CCCC2c2nc3c([nH]2)CCCC3)c1. The number of aromatic amines is 1. The van der Waals surface area contributed by atoms with Crippen molar-refractivity contribution in [2.75, 3.05) is 6.54 Å². The van der Waals surface area contributed by atoms with E-state index in [2.05, 4.69) is 16.0 Å². The van der Waals surface area contributed by atoms with E-state index in [1.165, 1.54) is 49.3 Å².